The number of anilines is 2. The van der Waals surface area contributed by atoms with E-state index in [2.05, 4.69) is 5.32 Å². The number of carbonyl (C=O) groups is 2. The number of aromatic carboxylic acids is 1. The summed E-state index contributed by atoms with van der Waals surface area (Å²) in [5.74, 6) is -2.18. The largest absolute Gasteiger partial charge is 1.00 e. The summed E-state index contributed by atoms with van der Waals surface area (Å²) in [6, 6.07) is 12.4. The van der Waals surface area contributed by atoms with Gasteiger partial charge in [-0.15, -0.1) is 0 Å². The Morgan fingerprint density at radius 1 is 1.03 bits per heavy atom. The SMILES string of the molecule is CCOC(=O)c1c(C)cc(O)cc1O.Cc1ccc(Cl)c(Nc2ccccc2C(=O)[O-])c1Cl.[Na+]. The molecule has 0 saturated carbocycles. The summed E-state index contributed by atoms with van der Waals surface area (Å²) in [6.45, 7) is 5.39. The van der Waals surface area contributed by atoms with Crippen molar-refractivity contribution < 1.29 is 59.2 Å². The zero-order valence-corrected chi connectivity index (χ0v) is 22.6. The molecule has 0 heterocycles. The Balaban J connectivity index is 0.000000346. The van der Waals surface area contributed by atoms with Gasteiger partial charge in [0.1, 0.15) is 17.1 Å². The number of hydrogen-bond acceptors (Lipinski definition) is 7. The summed E-state index contributed by atoms with van der Waals surface area (Å²) in [7, 11) is 0. The van der Waals surface area contributed by atoms with Crippen LogP contribution < -0.4 is 40.0 Å². The molecule has 0 atom stereocenters. The van der Waals surface area contributed by atoms with E-state index in [0.717, 1.165) is 11.6 Å². The van der Waals surface area contributed by atoms with Gasteiger partial charge >= 0.3 is 35.5 Å². The molecular weight excluding hydrogens is 492 g/mol. The summed E-state index contributed by atoms with van der Waals surface area (Å²) >= 11 is 12.2. The summed E-state index contributed by atoms with van der Waals surface area (Å²) in [5, 5.41) is 33.4. The van der Waals surface area contributed by atoms with E-state index in [9.17, 15) is 19.8 Å². The molecule has 3 N–H and O–H groups in total. The Morgan fingerprint density at radius 3 is 2.26 bits per heavy atom. The molecule has 0 spiro atoms. The van der Waals surface area contributed by atoms with Crippen molar-refractivity contribution >= 4 is 46.5 Å². The first-order valence-electron chi connectivity index (χ1n) is 9.78. The van der Waals surface area contributed by atoms with Crippen LogP contribution in [0.5, 0.6) is 11.5 Å². The van der Waals surface area contributed by atoms with Crippen molar-refractivity contribution in [3.05, 3.63) is 80.8 Å². The number of carbonyl (C=O) groups excluding carboxylic acids is 2. The molecule has 0 amide bonds. The van der Waals surface area contributed by atoms with Crippen molar-refractivity contribution in [2.75, 3.05) is 11.9 Å². The van der Waals surface area contributed by atoms with Gasteiger partial charge in [-0.2, -0.15) is 0 Å². The number of aromatic hydroxyl groups is 2. The first kappa shape index (κ1) is 29.6. The zero-order chi connectivity index (χ0) is 24.7. The summed E-state index contributed by atoms with van der Waals surface area (Å²) in [4.78, 5) is 22.4. The number of hydrogen-bond donors (Lipinski definition) is 3. The minimum atomic E-state index is -1.26. The number of phenols is 2. The number of halogens is 2. The van der Waals surface area contributed by atoms with E-state index in [0.29, 0.717) is 27.0 Å². The number of rotatable bonds is 5. The second kappa shape index (κ2) is 13.5. The number of aryl methyl sites for hydroxylation is 2. The van der Waals surface area contributed by atoms with Crippen LogP contribution in [0.1, 0.15) is 38.8 Å². The van der Waals surface area contributed by atoms with Crippen LogP contribution in [-0.4, -0.2) is 28.8 Å². The quantitative estimate of drug-likeness (QED) is 0.352. The van der Waals surface area contributed by atoms with Crippen LogP contribution in [0.25, 0.3) is 0 Å². The van der Waals surface area contributed by atoms with Gasteiger partial charge in [-0.25, -0.2) is 4.79 Å². The molecule has 10 heteroatoms. The number of nitrogens with one attached hydrogen (secondary N) is 1. The van der Waals surface area contributed by atoms with E-state index >= 15 is 0 Å². The number of ether oxygens (including phenoxy) is 1. The molecular formula is C24H22Cl2NNaO6. The molecule has 3 aromatic carbocycles. The first-order chi connectivity index (χ1) is 15.6. The zero-order valence-electron chi connectivity index (χ0n) is 19.1. The molecule has 3 rings (SSSR count). The van der Waals surface area contributed by atoms with Crippen molar-refractivity contribution in [2.24, 2.45) is 0 Å². The third-order valence-corrected chi connectivity index (χ3v) is 5.27. The van der Waals surface area contributed by atoms with Crippen molar-refractivity contribution in [2.45, 2.75) is 20.8 Å². The molecule has 0 aliphatic heterocycles. The maximum atomic E-state index is 11.3. The first-order valence-corrected chi connectivity index (χ1v) is 10.5. The van der Waals surface area contributed by atoms with Crippen LogP contribution in [-0.2, 0) is 4.74 Å². The maximum Gasteiger partial charge on any atom is 1.00 e. The van der Waals surface area contributed by atoms with Crippen molar-refractivity contribution in [1.82, 2.24) is 0 Å². The molecule has 0 aromatic heterocycles. The fourth-order valence-electron chi connectivity index (χ4n) is 2.89. The fourth-order valence-corrected chi connectivity index (χ4v) is 3.36. The predicted octanol–water partition coefficient (Wildman–Crippen LogP) is 2.00. The Kier molecular flexibility index (Phi) is 11.7. The molecule has 0 bridgehead atoms. The van der Waals surface area contributed by atoms with E-state index in [4.69, 9.17) is 33.0 Å². The standard InChI is InChI=1S/C14H11Cl2NO2.C10H12O4.Na/c1-8-6-7-10(15)13(12(8)16)17-11-5-3-2-4-9(11)14(18)19;1-3-14-10(13)9-6(2)4-7(11)5-8(9)12;/h2-7,17H,1H3,(H,18,19);4-5,11-12H,3H2,1-2H3;/q;;+1/p-1. The maximum absolute atomic E-state index is 11.3. The van der Waals surface area contributed by atoms with E-state index in [1.54, 1.807) is 44.2 Å². The van der Waals surface area contributed by atoms with Gasteiger partial charge < -0.3 is 30.2 Å². The Bertz CT molecular complexity index is 1160. The second-order valence-electron chi connectivity index (χ2n) is 6.89. The average molecular weight is 514 g/mol. The van der Waals surface area contributed by atoms with Crippen LogP contribution in [0, 0.1) is 13.8 Å². The van der Waals surface area contributed by atoms with Gasteiger partial charge in [-0.05, 0) is 50.1 Å². The van der Waals surface area contributed by atoms with E-state index < -0.39 is 11.9 Å². The molecule has 0 saturated heterocycles. The molecule has 0 aliphatic carbocycles. The molecule has 174 valence electrons. The molecule has 0 radical (unpaired) electrons. The van der Waals surface area contributed by atoms with Crippen LogP contribution in [0.3, 0.4) is 0 Å². The Labute approximate surface area is 229 Å². The third kappa shape index (κ3) is 7.55. The molecule has 0 unspecified atom stereocenters. The van der Waals surface area contributed by atoms with E-state index in [1.807, 2.05) is 6.92 Å². The molecule has 34 heavy (non-hydrogen) atoms. The monoisotopic (exact) mass is 513 g/mol. The van der Waals surface area contributed by atoms with Crippen molar-refractivity contribution in [3.8, 4) is 11.5 Å². The van der Waals surface area contributed by atoms with Gasteiger partial charge in [-0.1, -0.05) is 47.5 Å². The molecule has 0 aliphatic rings. The van der Waals surface area contributed by atoms with Gasteiger partial charge in [0, 0.05) is 17.3 Å². The smallest absolute Gasteiger partial charge is 0.545 e. The Hall–Kier alpha value is -2.42. The van der Waals surface area contributed by atoms with Crippen LogP contribution >= 0.6 is 23.2 Å². The number of carboxylic acid groups (broad SMARTS) is 1. The number of carboxylic acids is 1. The number of esters is 1. The summed E-state index contributed by atoms with van der Waals surface area (Å²) in [5.41, 5.74) is 2.36. The predicted molar refractivity (Wildman–Crippen MR) is 126 cm³/mol. The van der Waals surface area contributed by atoms with Crippen LogP contribution in [0.15, 0.2) is 48.5 Å². The second-order valence-corrected chi connectivity index (χ2v) is 7.67. The van der Waals surface area contributed by atoms with E-state index in [1.165, 1.54) is 12.1 Å². The minimum absolute atomic E-state index is 0. The topological polar surface area (TPSA) is 119 Å². The van der Waals surface area contributed by atoms with Crippen LogP contribution in [0.4, 0.5) is 11.4 Å². The van der Waals surface area contributed by atoms with Crippen molar-refractivity contribution in [3.63, 3.8) is 0 Å². The number of phenolic OH excluding ortho intramolecular Hbond substituents is 2. The number of benzene rings is 3. The fraction of sp³-hybridized carbons (Fsp3) is 0.167. The van der Waals surface area contributed by atoms with Gasteiger partial charge in [0.2, 0.25) is 0 Å². The van der Waals surface area contributed by atoms with Gasteiger partial charge in [0.25, 0.3) is 0 Å². The summed E-state index contributed by atoms with van der Waals surface area (Å²) < 4.78 is 4.75. The minimum Gasteiger partial charge on any atom is -0.545 e. The van der Waals surface area contributed by atoms with Gasteiger partial charge in [-0.3, -0.25) is 0 Å². The molecule has 7 nitrogen and oxygen atoms in total. The molecule has 0 fully saturated rings. The van der Waals surface area contributed by atoms with Crippen molar-refractivity contribution in [1.29, 1.82) is 0 Å². The summed E-state index contributed by atoms with van der Waals surface area (Å²) in [6.07, 6.45) is 0. The Morgan fingerprint density at radius 2 is 1.68 bits per heavy atom. The van der Waals surface area contributed by atoms with E-state index in [-0.39, 0.29) is 58.8 Å². The molecule has 3 aromatic rings. The van der Waals surface area contributed by atoms with Crippen LogP contribution in [0.2, 0.25) is 10.0 Å². The van der Waals surface area contributed by atoms with Gasteiger partial charge in [0.15, 0.2) is 0 Å². The van der Waals surface area contributed by atoms with Gasteiger partial charge in [0.05, 0.1) is 28.3 Å². The number of para-hydroxylation sites is 1. The average Bonchev–Trinajstić information content (AvgIpc) is 2.74. The normalized spacial score (nSPS) is 9.79. The third-order valence-electron chi connectivity index (χ3n) is 4.47.